The molecule has 1 fully saturated rings. The molecule has 148 valence electrons. The Morgan fingerprint density at radius 2 is 2.10 bits per heavy atom. The topological polar surface area (TPSA) is 142 Å². The molecule has 0 atom stereocenters. The minimum absolute atomic E-state index is 0.0538. The van der Waals surface area contributed by atoms with Gasteiger partial charge in [0.15, 0.2) is 5.76 Å². The highest BCUT2D eigenvalue weighted by Crippen LogP contribution is 2.46. The van der Waals surface area contributed by atoms with Gasteiger partial charge in [0.25, 0.3) is 0 Å². The van der Waals surface area contributed by atoms with Gasteiger partial charge >= 0.3 is 0 Å². The van der Waals surface area contributed by atoms with Gasteiger partial charge in [-0.05, 0) is 18.9 Å². The van der Waals surface area contributed by atoms with Crippen molar-refractivity contribution in [3.05, 3.63) is 42.7 Å². The Hall–Kier alpha value is -4.02. The zero-order chi connectivity index (χ0) is 20.7. The molecular weight excluding hydrogens is 384 g/mol. The van der Waals surface area contributed by atoms with Crippen LogP contribution in [0.3, 0.4) is 0 Å². The molecule has 1 aliphatic carbocycles. The molecule has 0 aliphatic heterocycles. The number of nitriles is 2. The Bertz CT molecular complexity index is 1310. The molecule has 10 nitrogen and oxygen atoms in total. The fourth-order valence-corrected chi connectivity index (χ4v) is 3.98. The summed E-state index contributed by atoms with van der Waals surface area (Å²) in [7, 11) is 0. The molecule has 0 amide bonds. The van der Waals surface area contributed by atoms with Gasteiger partial charge in [0, 0.05) is 17.8 Å². The summed E-state index contributed by atoms with van der Waals surface area (Å²) in [6.07, 6.45) is 8.50. The molecule has 10 heteroatoms. The average Bonchev–Trinajstić information content (AvgIpc) is 3.49. The van der Waals surface area contributed by atoms with Gasteiger partial charge < -0.3 is 9.63 Å². The number of hydrogen-bond donors (Lipinski definition) is 1. The van der Waals surface area contributed by atoms with Crippen LogP contribution in [0, 0.1) is 28.6 Å². The third kappa shape index (κ3) is 2.74. The van der Waals surface area contributed by atoms with E-state index in [0.29, 0.717) is 42.1 Å². The van der Waals surface area contributed by atoms with E-state index >= 15 is 0 Å². The van der Waals surface area contributed by atoms with Crippen LogP contribution >= 0.6 is 0 Å². The number of aromatic nitrogens is 6. The van der Waals surface area contributed by atoms with Crippen molar-refractivity contribution in [2.75, 3.05) is 0 Å². The van der Waals surface area contributed by atoms with Crippen LogP contribution in [0.25, 0.3) is 28.2 Å². The number of fused-ring (bicyclic) bond motifs is 1. The fourth-order valence-electron chi connectivity index (χ4n) is 3.98. The Balaban J connectivity index is 1.58. The van der Waals surface area contributed by atoms with Gasteiger partial charge in [0.2, 0.25) is 0 Å². The Labute approximate surface area is 170 Å². The number of aliphatic hydroxyl groups excluding tert-OH is 1. The Kier molecular flexibility index (Phi) is 4.09. The standard InChI is InChI=1S/C20H16N8O2/c21-3-2-20(6-13(7-20)8-22)28-10-14(9-24-28)19-18-1-4-23-27(18)11-17(25-19)16-5-15(12-29)30-26-16/h1,4-5,9-11,13,29H,2,6-7,12H2/t13-,20-. The van der Waals surface area contributed by atoms with Gasteiger partial charge in [0.1, 0.15) is 18.0 Å². The van der Waals surface area contributed by atoms with Gasteiger partial charge in [0.05, 0.1) is 59.8 Å². The van der Waals surface area contributed by atoms with Crippen LogP contribution in [0.4, 0.5) is 0 Å². The lowest BCUT2D eigenvalue weighted by Gasteiger charge is -2.43. The summed E-state index contributed by atoms with van der Waals surface area (Å²) in [4.78, 5) is 4.74. The molecule has 0 spiro atoms. The van der Waals surface area contributed by atoms with E-state index in [9.17, 15) is 10.4 Å². The lowest BCUT2D eigenvalue weighted by Crippen LogP contribution is -2.46. The van der Waals surface area contributed by atoms with E-state index in [2.05, 4.69) is 27.5 Å². The molecule has 0 radical (unpaired) electrons. The van der Waals surface area contributed by atoms with E-state index in [1.807, 2.05) is 12.3 Å². The first-order valence-electron chi connectivity index (χ1n) is 9.39. The summed E-state index contributed by atoms with van der Waals surface area (Å²) >= 11 is 0. The first kappa shape index (κ1) is 18.0. The third-order valence-electron chi connectivity index (χ3n) is 5.55. The third-order valence-corrected chi connectivity index (χ3v) is 5.55. The minimum Gasteiger partial charge on any atom is -0.388 e. The van der Waals surface area contributed by atoms with Gasteiger partial charge in [-0.25, -0.2) is 9.50 Å². The van der Waals surface area contributed by atoms with Crippen LogP contribution in [-0.2, 0) is 12.1 Å². The summed E-state index contributed by atoms with van der Waals surface area (Å²) in [5, 5.41) is 40.5. The van der Waals surface area contributed by atoms with E-state index in [0.717, 1.165) is 11.1 Å². The summed E-state index contributed by atoms with van der Waals surface area (Å²) in [6.45, 7) is -0.249. The zero-order valence-electron chi connectivity index (χ0n) is 15.8. The number of hydrogen-bond acceptors (Lipinski definition) is 8. The predicted octanol–water partition coefficient (Wildman–Crippen LogP) is 2.28. The van der Waals surface area contributed by atoms with Crippen molar-refractivity contribution in [1.29, 1.82) is 10.5 Å². The maximum absolute atomic E-state index is 9.28. The SMILES string of the molecule is N#CC[C@]1(n2cc(-c3nc(-c4cc(CO)on4)cn4nccc34)cn2)C[C@H](C#N)C1. The van der Waals surface area contributed by atoms with E-state index < -0.39 is 5.54 Å². The van der Waals surface area contributed by atoms with Gasteiger partial charge in [-0.1, -0.05) is 5.16 Å². The highest BCUT2D eigenvalue weighted by atomic mass is 16.5. The first-order valence-corrected chi connectivity index (χ1v) is 9.39. The molecule has 4 heterocycles. The maximum Gasteiger partial charge on any atom is 0.162 e. The maximum atomic E-state index is 9.28. The average molecular weight is 400 g/mol. The molecule has 5 rings (SSSR count). The molecule has 4 aromatic heterocycles. The molecule has 0 saturated heterocycles. The first-order chi connectivity index (χ1) is 14.7. The van der Waals surface area contributed by atoms with Crippen molar-refractivity contribution < 1.29 is 9.63 Å². The van der Waals surface area contributed by atoms with E-state index in [1.165, 1.54) is 0 Å². The molecule has 1 N–H and O–H groups in total. The fraction of sp³-hybridized carbons (Fsp3) is 0.300. The Morgan fingerprint density at radius 1 is 1.23 bits per heavy atom. The summed E-state index contributed by atoms with van der Waals surface area (Å²) in [6, 6.07) is 7.98. The van der Waals surface area contributed by atoms with E-state index in [4.69, 9.17) is 14.8 Å². The van der Waals surface area contributed by atoms with Crippen LogP contribution in [0.5, 0.6) is 0 Å². The van der Waals surface area contributed by atoms with E-state index in [1.54, 1.807) is 33.9 Å². The summed E-state index contributed by atoms with van der Waals surface area (Å²) in [5.41, 5.74) is 2.80. The van der Waals surface area contributed by atoms with Crippen LogP contribution in [0.15, 0.2) is 41.4 Å². The molecule has 1 saturated carbocycles. The zero-order valence-corrected chi connectivity index (χ0v) is 15.8. The molecule has 0 bridgehead atoms. The number of aliphatic hydroxyl groups is 1. The summed E-state index contributed by atoms with van der Waals surface area (Å²) < 4.78 is 8.57. The van der Waals surface area contributed by atoms with Gasteiger partial charge in [-0.15, -0.1) is 0 Å². The van der Waals surface area contributed by atoms with Crippen molar-refractivity contribution in [2.24, 2.45) is 5.92 Å². The normalized spacial score (nSPS) is 20.6. The van der Waals surface area contributed by atoms with Crippen LogP contribution in [0.1, 0.15) is 25.0 Å². The van der Waals surface area contributed by atoms with Gasteiger partial charge in [-0.3, -0.25) is 4.68 Å². The van der Waals surface area contributed by atoms with Crippen molar-refractivity contribution in [3.8, 4) is 34.8 Å². The monoisotopic (exact) mass is 400 g/mol. The molecule has 30 heavy (non-hydrogen) atoms. The molecular formula is C20H16N8O2. The largest absolute Gasteiger partial charge is 0.388 e. The van der Waals surface area contributed by atoms with E-state index in [-0.39, 0.29) is 12.5 Å². The molecule has 4 aromatic rings. The minimum atomic E-state index is -0.455. The summed E-state index contributed by atoms with van der Waals surface area (Å²) in [5.74, 6) is 0.291. The molecule has 1 aliphatic rings. The lowest BCUT2D eigenvalue weighted by atomic mass is 9.67. The molecule has 0 aromatic carbocycles. The lowest BCUT2D eigenvalue weighted by molar-refractivity contribution is 0.0882. The smallest absolute Gasteiger partial charge is 0.162 e. The van der Waals surface area contributed by atoms with Crippen LogP contribution in [0.2, 0.25) is 0 Å². The Morgan fingerprint density at radius 3 is 2.83 bits per heavy atom. The van der Waals surface area contributed by atoms with Crippen molar-refractivity contribution in [2.45, 2.75) is 31.4 Å². The second kappa shape index (κ2) is 6.79. The van der Waals surface area contributed by atoms with Crippen LogP contribution in [-0.4, -0.2) is 34.6 Å². The quantitative estimate of drug-likeness (QED) is 0.538. The highest BCUT2D eigenvalue weighted by molar-refractivity contribution is 5.77. The van der Waals surface area contributed by atoms with Crippen molar-refractivity contribution in [1.82, 2.24) is 29.5 Å². The second-order valence-corrected chi connectivity index (χ2v) is 7.44. The van der Waals surface area contributed by atoms with Crippen LogP contribution < -0.4 is 0 Å². The predicted molar refractivity (Wildman–Crippen MR) is 102 cm³/mol. The number of nitrogens with zero attached hydrogens (tertiary/aromatic N) is 8. The highest BCUT2D eigenvalue weighted by Gasteiger charge is 2.46. The van der Waals surface area contributed by atoms with Crippen molar-refractivity contribution in [3.63, 3.8) is 0 Å². The van der Waals surface area contributed by atoms with Gasteiger partial charge in [-0.2, -0.15) is 20.7 Å². The number of rotatable bonds is 5. The molecule has 0 unspecified atom stereocenters. The second-order valence-electron chi connectivity index (χ2n) is 7.44. The van der Waals surface area contributed by atoms with Crippen molar-refractivity contribution >= 4 is 5.52 Å².